The van der Waals surface area contributed by atoms with Crippen LogP contribution in [-0.4, -0.2) is 19.9 Å². The SMILES string of the molecule is Cc1c(-c2nncn2N)[nH]c2ccc(Br)cc12. The van der Waals surface area contributed by atoms with Crippen LogP contribution in [0.1, 0.15) is 5.56 Å². The molecule has 0 fully saturated rings. The smallest absolute Gasteiger partial charge is 0.198 e. The van der Waals surface area contributed by atoms with E-state index in [1.54, 1.807) is 0 Å². The molecule has 1 aromatic carbocycles. The van der Waals surface area contributed by atoms with Gasteiger partial charge in [0.2, 0.25) is 0 Å². The van der Waals surface area contributed by atoms with E-state index in [4.69, 9.17) is 5.84 Å². The third kappa shape index (κ3) is 1.52. The third-order valence-corrected chi connectivity index (χ3v) is 3.31. The van der Waals surface area contributed by atoms with Crippen molar-refractivity contribution in [2.45, 2.75) is 6.92 Å². The molecule has 0 spiro atoms. The molecule has 0 atom stereocenters. The summed E-state index contributed by atoms with van der Waals surface area (Å²) in [6.45, 7) is 2.04. The van der Waals surface area contributed by atoms with Gasteiger partial charge in [-0.15, -0.1) is 10.2 Å². The summed E-state index contributed by atoms with van der Waals surface area (Å²) in [4.78, 5) is 3.31. The van der Waals surface area contributed by atoms with Crippen LogP contribution in [0.2, 0.25) is 0 Å². The molecule has 2 heterocycles. The lowest BCUT2D eigenvalue weighted by Crippen LogP contribution is -2.08. The molecule has 0 unspecified atom stereocenters. The van der Waals surface area contributed by atoms with Crippen LogP contribution in [0.25, 0.3) is 22.4 Å². The van der Waals surface area contributed by atoms with Crippen LogP contribution in [0.4, 0.5) is 0 Å². The van der Waals surface area contributed by atoms with E-state index in [9.17, 15) is 0 Å². The van der Waals surface area contributed by atoms with Gasteiger partial charge >= 0.3 is 0 Å². The van der Waals surface area contributed by atoms with Gasteiger partial charge in [0.05, 0.1) is 5.69 Å². The second kappa shape index (κ2) is 3.59. The molecule has 0 aliphatic rings. The number of rotatable bonds is 1. The standard InChI is InChI=1S/C11H10BrN5/c1-6-8-4-7(12)2-3-9(8)15-10(6)11-16-14-5-17(11)13/h2-5,15H,13H2,1H3. The number of aryl methyl sites for hydroxylation is 1. The first-order valence-corrected chi connectivity index (χ1v) is 5.89. The first kappa shape index (κ1) is 10.3. The number of hydrogen-bond acceptors (Lipinski definition) is 3. The average Bonchev–Trinajstić information content (AvgIpc) is 2.84. The number of nitrogen functional groups attached to an aromatic ring is 1. The Morgan fingerprint density at radius 3 is 2.94 bits per heavy atom. The normalized spacial score (nSPS) is 11.2. The van der Waals surface area contributed by atoms with E-state index in [1.165, 1.54) is 11.0 Å². The molecule has 0 bridgehead atoms. The summed E-state index contributed by atoms with van der Waals surface area (Å²) in [6.07, 6.45) is 1.48. The van der Waals surface area contributed by atoms with Crippen molar-refractivity contribution in [2.75, 3.05) is 5.84 Å². The van der Waals surface area contributed by atoms with Gasteiger partial charge in [-0.1, -0.05) is 15.9 Å². The highest BCUT2D eigenvalue weighted by molar-refractivity contribution is 9.10. The van der Waals surface area contributed by atoms with Crippen molar-refractivity contribution in [3.8, 4) is 11.5 Å². The number of H-pyrrole nitrogens is 1. The number of halogens is 1. The Balaban J connectivity index is 2.32. The highest BCUT2D eigenvalue weighted by Gasteiger charge is 2.13. The quantitative estimate of drug-likeness (QED) is 0.675. The van der Waals surface area contributed by atoms with Crippen LogP contribution in [0.15, 0.2) is 29.0 Å². The highest BCUT2D eigenvalue weighted by atomic mass is 79.9. The Morgan fingerprint density at radius 1 is 1.41 bits per heavy atom. The van der Waals surface area contributed by atoms with Crippen LogP contribution in [0.5, 0.6) is 0 Å². The molecule has 0 saturated carbocycles. The van der Waals surface area contributed by atoms with E-state index in [2.05, 4.69) is 37.2 Å². The maximum absolute atomic E-state index is 5.76. The second-order valence-electron chi connectivity index (χ2n) is 3.88. The summed E-state index contributed by atoms with van der Waals surface area (Å²) >= 11 is 3.47. The van der Waals surface area contributed by atoms with Crippen LogP contribution in [0, 0.1) is 6.92 Å². The minimum absolute atomic E-state index is 0.634. The molecule has 5 nitrogen and oxygen atoms in total. The van der Waals surface area contributed by atoms with Gasteiger partial charge in [-0.2, -0.15) is 0 Å². The number of hydrogen-bond donors (Lipinski definition) is 2. The molecule has 3 rings (SSSR count). The summed E-state index contributed by atoms with van der Waals surface area (Å²) in [6, 6.07) is 6.09. The largest absolute Gasteiger partial charge is 0.352 e. The third-order valence-electron chi connectivity index (χ3n) is 2.82. The molecule has 2 aromatic heterocycles. The van der Waals surface area contributed by atoms with E-state index < -0.39 is 0 Å². The van der Waals surface area contributed by atoms with Gasteiger partial charge in [0, 0.05) is 15.4 Å². The molecule has 3 N–H and O–H groups in total. The summed E-state index contributed by atoms with van der Waals surface area (Å²) in [7, 11) is 0. The van der Waals surface area contributed by atoms with Gasteiger partial charge in [-0.05, 0) is 30.7 Å². The maximum Gasteiger partial charge on any atom is 0.198 e. The monoisotopic (exact) mass is 291 g/mol. The zero-order valence-electron chi connectivity index (χ0n) is 9.11. The first-order chi connectivity index (χ1) is 8.16. The summed E-state index contributed by atoms with van der Waals surface area (Å²) in [5, 5.41) is 8.95. The van der Waals surface area contributed by atoms with Gasteiger partial charge < -0.3 is 10.8 Å². The number of nitrogens with one attached hydrogen (secondary N) is 1. The van der Waals surface area contributed by atoms with Crippen molar-refractivity contribution in [3.05, 3.63) is 34.6 Å². The number of aromatic amines is 1. The van der Waals surface area contributed by atoms with E-state index in [1.807, 2.05) is 19.1 Å². The topological polar surface area (TPSA) is 72.5 Å². The fourth-order valence-corrected chi connectivity index (χ4v) is 2.31. The molecular formula is C11H10BrN5. The Morgan fingerprint density at radius 2 is 2.24 bits per heavy atom. The number of nitrogens with two attached hydrogens (primary N) is 1. The first-order valence-electron chi connectivity index (χ1n) is 5.10. The number of fused-ring (bicyclic) bond motifs is 1. The van der Waals surface area contributed by atoms with Crippen molar-refractivity contribution in [1.29, 1.82) is 0 Å². The summed E-state index contributed by atoms with van der Waals surface area (Å²) in [5.74, 6) is 6.39. The fraction of sp³-hybridized carbons (Fsp3) is 0.0909. The number of nitrogens with zero attached hydrogens (tertiary/aromatic N) is 3. The molecule has 0 aliphatic heterocycles. The van der Waals surface area contributed by atoms with Crippen molar-refractivity contribution >= 4 is 26.8 Å². The van der Waals surface area contributed by atoms with Crippen LogP contribution in [-0.2, 0) is 0 Å². The Kier molecular flexibility index (Phi) is 2.19. The lowest BCUT2D eigenvalue weighted by atomic mass is 10.1. The molecule has 0 saturated heterocycles. The van der Waals surface area contributed by atoms with Crippen molar-refractivity contribution < 1.29 is 0 Å². The lowest BCUT2D eigenvalue weighted by Gasteiger charge is -1.98. The van der Waals surface area contributed by atoms with Gasteiger partial charge in [0.15, 0.2) is 5.82 Å². The Bertz CT molecular complexity index is 697. The minimum atomic E-state index is 0.634. The average molecular weight is 292 g/mol. The Labute approximate surface area is 106 Å². The summed E-state index contributed by atoms with van der Waals surface area (Å²) < 4.78 is 2.46. The van der Waals surface area contributed by atoms with Crippen LogP contribution < -0.4 is 5.84 Å². The summed E-state index contributed by atoms with van der Waals surface area (Å²) in [5.41, 5.74) is 3.07. The zero-order valence-corrected chi connectivity index (χ0v) is 10.7. The second-order valence-corrected chi connectivity index (χ2v) is 4.79. The van der Waals surface area contributed by atoms with Gasteiger partial charge in [0.1, 0.15) is 6.33 Å². The minimum Gasteiger partial charge on any atom is -0.352 e. The van der Waals surface area contributed by atoms with E-state index in [0.29, 0.717) is 5.82 Å². The van der Waals surface area contributed by atoms with Crippen molar-refractivity contribution in [1.82, 2.24) is 19.9 Å². The predicted octanol–water partition coefficient (Wildman–Crippen LogP) is 2.21. The molecule has 17 heavy (non-hydrogen) atoms. The highest BCUT2D eigenvalue weighted by Crippen LogP contribution is 2.29. The molecule has 0 aliphatic carbocycles. The van der Waals surface area contributed by atoms with E-state index in [0.717, 1.165) is 26.6 Å². The fourth-order valence-electron chi connectivity index (χ4n) is 1.94. The lowest BCUT2D eigenvalue weighted by molar-refractivity contribution is 0.999. The number of aromatic nitrogens is 4. The molecular weight excluding hydrogens is 282 g/mol. The predicted molar refractivity (Wildman–Crippen MR) is 69.9 cm³/mol. The van der Waals surface area contributed by atoms with Crippen molar-refractivity contribution in [2.24, 2.45) is 0 Å². The van der Waals surface area contributed by atoms with Crippen LogP contribution in [0.3, 0.4) is 0 Å². The number of benzene rings is 1. The van der Waals surface area contributed by atoms with Gasteiger partial charge in [0.25, 0.3) is 0 Å². The van der Waals surface area contributed by atoms with Crippen LogP contribution >= 0.6 is 15.9 Å². The van der Waals surface area contributed by atoms with E-state index >= 15 is 0 Å². The molecule has 6 heteroatoms. The molecule has 0 radical (unpaired) electrons. The zero-order chi connectivity index (χ0) is 12.0. The van der Waals surface area contributed by atoms with Gasteiger partial charge in [-0.25, -0.2) is 4.68 Å². The molecule has 86 valence electrons. The maximum atomic E-state index is 5.76. The van der Waals surface area contributed by atoms with Crippen molar-refractivity contribution in [3.63, 3.8) is 0 Å². The molecule has 0 amide bonds. The van der Waals surface area contributed by atoms with E-state index in [-0.39, 0.29) is 0 Å². The van der Waals surface area contributed by atoms with Gasteiger partial charge in [-0.3, -0.25) is 0 Å². The Hall–Kier alpha value is -1.82. The molecule has 3 aromatic rings.